The molecule has 4 rings (SSSR count). The molecule has 1 aromatic heterocycles. The van der Waals surface area contributed by atoms with E-state index in [4.69, 9.17) is 14.8 Å². The molecule has 0 aliphatic carbocycles. The second-order valence-corrected chi connectivity index (χ2v) is 9.09. The summed E-state index contributed by atoms with van der Waals surface area (Å²) < 4.78 is 7.58. The SMILES string of the molecule is O=C(O)c1ccc(CSc2nc3ccc(NCCN4CCOCC4)cc3s2)cc1. The Morgan fingerprint density at radius 3 is 2.76 bits per heavy atom. The summed E-state index contributed by atoms with van der Waals surface area (Å²) in [6.07, 6.45) is 0. The zero-order chi connectivity index (χ0) is 20.1. The molecule has 2 N–H and O–H groups in total. The number of carboxylic acid groups (broad SMARTS) is 1. The Morgan fingerprint density at radius 1 is 1.21 bits per heavy atom. The Bertz CT molecular complexity index is 969. The van der Waals surface area contributed by atoms with E-state index < -0.39 is 5.97 Å². The van der Waals surface area contributed by atoms with E-state index >= 15 is 0 Å². The van der Waals surface area contributed by atoms with Crippen LogP contribution in [0.15, 0.2) is 46.8 Å². The molecule has 6 nitrogen and oxygen atoms in total. The molecule has 1 aliphatic heterocycles. The predicted octanol–water partition coefficient (Wildman–Crippen LogP) is 4.03. The number of benzene rings is 2. The minimum atomic E-state index is -0.898. The molecule has 1 aliphatic rings. The third-order valence-corrected chi connectivity index (χ3v) is 7.03. The highest BCUT2D eigenvalue weighted by molar-refractivity contribution is 8.00. The third kappa shape index (κ3) is 5.48. The summed E-state index contributed by atoms with van der Waals surface area (Å²) in [5, 5.41) is 12.5. The van der Waals surface area contributed by atoms with Crippen LogP contribution in [0.1, 0.15) is 15.9 Å². The minimum absolute atomic E-state index is 0.312. The average molecular weight is 430 g/mol. The molecular weight excluding hydrogens is 406 g/mol. The number of carboxylic acids is 1. The van der Waals surface area contributed by atoms with Gasteiger partial charge >= 0.3 is 5.97 Å². The van der Waals surface area contributed by atoms with E-state index in [1.165, 1.54) is 4.70 Å². The number of hydrogen-bond donors (Lipinski definition) is 2. The van der Waals surface area contributed by atoms with Crippen molar-refractivity contribution in [1.82, 2.24) is 9.88 Å². The molecular formula is C21H23N3O3S2. The van der Waals surface area contributed by atoms with E-state index in [0.29, 0.717) is 5.56 Å². The zero-order valence-electron chi connectivity index (χ0n) is 16.0. The average Bonchev–Trinajstić information content (AvgIpc) is 3.15. The standard InChI is InChI=1S/C21H23N3O3S2/c25-20(26)16-3-1-15(2-4-16)14-28-21-23-18-6-5-17(13-19(18)29-21)22-7-8-24-9-11-27-12-10-24/h1-6,13,22H,7-12,14H2,(H,25,26). The van der Waals surface area contributed by atoms with Crippen molar-refractivity contribution in [2.75, 3.05) is 44.7 Å². The first-order valence-corrected chi connectivity index (χ1v) is 11.4. The van der Waals surface area contributed by atoms with Gasteiger partial charge in [0, 0.05) is 37.6 Å². The lowest BCUT2D eigenvalue weighted by atomic mass is 10.1. The van der Waals surface area contributed by atoms with Gasteiger partial charge in [0.15, 0.2) is 4.34 Å². The van der Waals surface area contributed by atoms with Crippen molar-refractivity contribution in [3.05, 3.63) is 53.6 Å². The second-order valence-electron chi connectivity index (χ2n) is 6.83. The van der Waals surface area contributed by atoms with Crippen molar-refractivity contribution < 1.29 is 14.6 Å². The number of thiazole rings is 1. The summed E-state index contributed by atoms with van der Waals surface area (Å²) in [7, 11) is 0. The molecule has 2 heterocycles. The molecule has 1 fully saturated rings. The number of aromatic carboxylic acids is 1. The number of rotatable bonds is 8. The van der Waals surface area contributed by atoms with Gasteiger partial charge in [0.05, 0.1) is 29.0 Å². The van der Waals surface area contributed by atoms with Crippen LogP contribution in [-0.4, -0.2) is 60.4 Å². The maximum atomic E-state index is 10.9. The van der Waals surface area contributed by atoms with E-state index in [0.717, 1.165) is 66.3 Å². The topological polar surface area (TPSA) is 74.7 Å². The Labute approximate surface area is 177 Å². The number of hydrogen-bond acceptors (Lipinski definition) is 7. The highest BCUT2D eigenvalue weighted by Crippen LogP contribution is 2.33. The van der Waals surface area contributed by atoms with Crippen LogP contribution in [-0.2, 0) is 10.5 Å². The summed E-state index contributed by atoms with van der Waals surface area (Å²) in [5.74, 6) is -0.130. The summed E-state index contributed by atoms with van der Waals surface area (Å²) >= 11 is 3.37. The van der Waals surface area contributed by atoms with Gasteiger partial charge in [-0.1, -0.05) is 23.9 Å². The van der Waals surface area contributed by atoms with Crippen molar-refractivity contribution in [3.63, 3.8) is 0 Å². The maximum absolute atomic E-state index is 10.9. The van der Waals surface area contributed by atoms with Crippen molar-refractivity contribution >= 4 is 45.0 Å². The van der Waals surface area contributed by atoms with Crippen LogP contribution >= 0.6 is 23.1 Å². The molecule has 3 aromatic rings. The highest BCUT2D eigenvalue weighted by Gasteiger charge is 2.10. The van der Waals surface area contributed by atoms with Gasteiger partial charge in [0.25, 0.3) is 0 Å². The summed E-state index contributed by atoms with van der Waals surface area (Å²) in [5.41, 5.74) is 3.53. The second kappa shape index (κ2) is 9.58. The molecule has 8 heteroatoms. The number of morpholine rings is 1. The van der Waals surface area contributed by atoms with E-state index in [1.54, 1.807) is 35.2 Å². The fraction of sp³-hybridized carbons (Fsp3) is 0.333. The first kappa shape index (κ1) is 20.2. The molecule has 1 saturated heterocycles. The summed E-state index contributed by atoms with van der Waals surface area (Å²) in [6, 6.07) is 13.3. The molecule has 0 spiro atoms. The van der Waals surface area contributed by atoms with Gasteiger partial charge in [-0.15, -0.1) is 11.3 Å². The van der Waals surface area contributed by atoms with Crippen LogP contribution in [0.3, 0.4) is 0 Å². The van der Waals surface area contributed by atoms with Crippen molar-refractivity contribution in [3.8, 4) is 0 Å². The highest BCUT2D eigenvalue weighted by atomic mass is 32.2. The quantitative estimate of drug-likeness (QED) is 0.524. The molecule has 0 radical (unpaired) electrons. The smallest absolute Gasteiger partial charge is 0.335 e. The van der Waals surface area contributed by atoms with E-state index in [-0.39, 0.29) is 0 Å². The van der Waals surface area contributed by atoms with Crippen LogP contribution in [0.25, 0.3) is 10.2 Å². The van der Waals surface area contributed by atoms with Crippen molar-refractivity contribution in [2.24, 2.45) is 0 Å². The van der Waals surface area contributed by atoms with Crippen molar-refractivity contribution in [1.29, 1.82) is 0 Å². The number of nitrogens with one attached hydrogen (secondary N) is 1. The number of aromatic nitrogens is 1. The maximum Gasteiger partial charge on any atom is 0.335 e. The van der Waals surface area contributed by atoms with Crippen LogP contribution in [0, 0.1) is 0 Å². The first-order valence-electron chi connectivity index (χ1n) is 9.57. The van der Waals surface area contributed by atoms with E-state index in [1.807, 2.05) is 12.1 Å². The van der Waals surface area contributed by atoms with Crippen LogP contribution in [0.4, 0.5) is 5.69 Å². The Kier molecular flexibility index (Phi) is 6.66. The predicted molar refractivity (Wildman–Crippen MR) is 118 cm³/mol. The van der Waals surface area contributed by atoms with Crippen LogP contribution in [0.5, 0.6) is 0 Å². The number of ether oxygens (including phenoxy) is 1. The first-order chi connectivity index (χ1) is 14.2. The lowest BCUT2D eigenvalue weighted by Gasteiger charge is -2.26. The zero-order valence-corrected chi connectivity index (χ0v) is 17.6. The van der Waals surface area contributed by atoms with Gasteiger partial charge in [0.1, 0.15) is 0 Å². The van der Waals surface area contributed by atoms with Gasteiger partial charge in [0.2, 0.25) is 0 Å². The Morgan fingerprint density at radius 2 is 2.00 bits per heavy atom. The number of anilines is 1. The lowest BCUT2D eigenvalue weighted by Crippen LogP contribution is -2.38. The lowest BCUT2D eigenvalue weighted by molar-refractivity contribution is 0.0398. The summed E-state index contributed by atoms with van der Waals surface area (Å²) in [6.45, 7) is 5.61. The largest absolute Gasteiger partial charge is 0.478 e. The number of thioether (sulfide) groups is 1. The Hall–Kier alpha value is -2.13. The van der Waals surface area contributed by atoms with Gasteiger partial charge < -0.3 is 15.2 Å². The molecule has 0 saturated carbocycles. The molecule has 29 heavy (non-hydrogen) atoms. The summed E-state index contributed by atoms with van der Waals surface area (Å²) in [4.78, 5) is 18.1. The number of nitrogens with zero attached hydrogens (tertiary/aromatic N) is 2. The van der Waals surface area contributed by atoms with Gasteiger partial charge in [-0.2, -0.15) is 0 Å². The molecule has 2 aromatic carbocycles. The molecule has 0 atom stereocenters. The van der Waals surface area contributed by atoms with E-state index in [9.17, 15) is 4.79 Å². The fourth-order valence-electron chi connectivity index (χ4n) is 3.15. The molecule has 152 valence electrons. The van der Waals surface area contributed by atoms with Gasteiger partial charge in [-0.3, -0.25) is 4.90 Å². The normalized spacial score (nSPS) is 14.9. The van der Waals surface area contributed by atoms with E-state index in [2.05, 4.69) is 28.4 Å². The minimum Gasteiger partial charge on any atom is -0.478 e. The van der Waals surface area contributed by atoms with Gasteiger partial charge in [-0.25, -0.2) is 9.78 Å². The monoisotopic (exact) mass is 429 g/mol. The number of carbonyl (C=O) groups is 1. The van der Waals surface area contributed by atoms with Crippen LogP contribution < -0.4 is 5.32 Å². The molecule has 0 bridgehead atoms. The van der Waals surface area contributed by atoms with Crippen molar-refractivity contribution in [2.45, 2.75) is 10.1 Å². The fourth-order valence-corrected chi connectivity index (χ4v) is 5.21. The Balaban J connectivity index is 1.32. The molecule has 0 unspecified atom stereocenters. The van der Waals surface area contributed by atoms with Gasteiger partial charge in [-0.05, 0) is 35.9 Å². The van der Waals surface area contributed by atoms with Crippen LogP contribution in [0.2, 0.25) is 0 Å². The number of fused-ring (bicyclic) bond motifs is 1. The third-order valence-electron chi connectivity index (χ3n) is 4.79. The molecule has 0 amide bonds.